The van der Waals surface area contributed by atoms with Crippen molar-refractivity contribution in [3.63, 3.8) is 0 Å². The van der Waals surface area contributed by atoms with E-state index in [2.05, 4.69) is 20.1 Å². The summed E-state index contributed by atoms with van der Waals surface area (Å²) in [7, 11) is -2.30. The van der Waals surface area contributed by atoms with E-state index < -0.39 is 16.1 Å². The number of carbonyl (C=O) groups excluding carboxylic acids is 2. The van der Waals surface area contributed by atoms with E-state index in [1.807, 2.05) is 31.2 Å². The Bertz CT molecular complexity index is 1210. The maximum atomic E-state index is 12.9. The molecule has 11 heteroatoms. The first-order valence-corrected chi connectivity index (χ1v) is 11.7. The van der Waals surface area contributed by atoms with Crippen molar-refractivity contribution in [2.24, 2.45) is 0 Å². The van der Waals surface area contributed by atoms with Crippen molar-refractivity contribution >= 4 is 27.5 Å². The molecule has 0 saturated carbocycles. The average Bonchev–Trinajstić information content (AvgIpc) is 3.32. The minimum Gasteiger partial charge on any atom is -0.338 e. The van der Waals surface area contributed by atoms with Gasteiger partial charge in [0.1, 0.15) is 12.7 Å². The van der Waals surface area contributed by atoms with Gasteiger partial charge in [0, 0.05) is 19.7 Å². The summed E-state index contributed by atoms with van der Waals surface area (Å²) in [5.41, 5.74) is 2.20. The molecule has 2 aromatic carbocycles. The molecule has 2 atom stereocenters. The Hall–Kier alpha value is -3.57. The number of benzene rings is 2. The van der Waals surface area contributed by atoms with E-state index in [4.69, 9.17) is 0 Å². The molecule has 3 aromatic rings. The molecular weight excluding hydrogens is 444 g/mol. The van der Waals surface area contributed by atoms with Gasteiger partial charge in [-0.15, -0.1) is 0 Å². The Morgan fingerprint density at radius 2 is 1.67 bits per heavy atom. The van der Waals surface area contributed by atoms with Crippen molar-refractivity contribution in [2.75, 3.05) is 12.4 Å². The van der Waals surface area contributed by atoms with Gasteiger partial charge in [-0.3, -0.25) is 9.59 Å². The van der Waals surface area contributed by atoms with Crippen LogP contribution < -0.4 is 10.0 Å². The SMILES string of the molecule is CC(=O)Nc1ccc(S(=O)(=O)N[C@@H](C)C(=O)N(C)C(C)c2ccc(-n3cncn3)cc2)cc1. The number of hydrogen-bond donors (Lipinski definition) is 2. The van der Waals surface area contributed by atoms with Crippen LogP contribution in [0.5, 0.6) is 0 Å². The maximum absolute atomic E-state index is 12.9. The van der Waals surface area contributed by atoms with E-state index in [0.29, 0.717) is 5.69 Å². The molecule has 1 unspecified atom stereocenters. The molecule has 0 aliphatic rings. The summed E-state index contributed by atoms with van der Waals surface area (Å²) in [6.07, 6.45) is 3.04. The Morgan fingerprint density at radius 1 is 1.03 bits per heavy atom. The topological polar surface area (TPSA) is 126 Å². The lowest BCUT2D eigenvalue weighted by Crippen LogP contribution is -2.46. The first kappa shape index (κ1) is 24.1. The largest absolute Gasteiger partial charge is 0.338 e. The van der Waals surface area contributed by atoms with Crippen molar-refractivity contribution in [3.05, 3.63) is 66.7 Å². The Kier molecular flexibility index (Phi) is 7.24. The summed E-state index contributed by atoms with van der Waals surface area (Å²) in [6, 6.07) is 12.0. The van der Waals surface area contributed by atoms with Crippen LogP contribution in [-0.4, -0.2) is 53.0 Å². The molecular formula is C22H26N6O4S. The number of aromatic nitrogens is 3. The molecule has 2 N–H and O–H groups in total. The summed E-state index contributed by atoms with van der Waals surface area (Å²) >= 11 is 0. The van der Waals surface area contributed by atoms with E-state index in [9.17, 15) is 18.0 Å². The molecule has 33 heavy (non-hydrogen) atoms. The molecule has 1 aromatic heterocycles. The second kappa shape index (κ2) is 9.92. The number of carbonyl (C=O) groups is 2. The Labute approximate surface area is 192 Å². The lowest BCUT2D eigenvalue weighted by molar-refractivity contribution is -0.133. The molecule has 1 heterocycles. The number of nitrogens with zero attached hydrogens (tertiary/aromatic N) is 4. The van der Waals surface area contributed by atoms with Gasteiger partial charge < -0.3 is 10.2 Å². The van der Waals surface area contributed by atoms with Gasteiger partial charge in [0.25, 0.3) is 0 Å². The summed E-state index contributed by atoms with van der Waals surface area (Å²) in [5.74, 6) is -0.630. The molecule has 0 fully saturated rings. The third-order valence-electron chi connectivity index (χ3n) is 5.17. The zero-order chi connectivity index (χ0) is 24.2. The highest BCUT2D eigenvalue weighted by molar-refractivity contribution is 7.89. The van der Waals surface area contributed by atoms with Gasteiger partial charge in [0.15, 0.2) is 0 Å². The predicted octanol–water partition coefficient (Wildman–Crippen LogP) is 2.11. The Morgan fingerprint density at radius 3 is 2.21 bits per heavy atom. The summed E-state index contributed by atoms with van der Waals surface area (Å²) in [6.45, 7) is 4.73. The minimum absolute atomic E-state index is 0.00402. The van der Waals surface area contributed by atoms with Crippen LogP contribution in [0.3, 0.4) is 0 Å². The lowest BCUT2D eigenvalue weighted by atomic mass is 10.1. The fourth-order valence-electron chi connectivity index (χ4n) is 3.24. The molecule has 0 saturated heterocycles. The van der Waals surface area contributed by atoms with E-state index in [-0.39, 0.29) is 22.8 Å². The number of rotatable bonds is 8. The number of nitrogens with one attached hydrogen (secondary N) is 2. The van der Waals surface area contributed by atoms with E-state index in [0.717, 1.165) is 11.3 Å². The van der Waals surface area contributed by atoms with Gasteiger partial charge in [-0.1, -0.05) is 12.1 Å². The predicted molar refractivity (Wildman–Crippen MR) is 123 cm³/mol. The first-order valence-electron chi connectivity index (χ1n) is 10.2. The fraction of sp³-hybridized carbons (Fsp3) is 0.273. The number of hydrogen-bond acceptors (Lipinski definition) is 6. The molecule has 0 spiro atoms. The highest BCUT2D eigenvalue weighted by Gasteiger charge is 2.27. The normalized spacial score (nSPS) is 13.2. The average molecular weight is 471 g/mol. The van der Waals surface area contributed by atoms with Crippen molar-refractivity contribution in [2.45, 2.75) is 37.8 Å². The molecule has 3 rings (SSSR count). The van der Waals surface area contributed by atoms with Gasteiger partial charge in [-0.25, -0.2) is 18.1 Å². The third-order valence-corrected chi connectivity index (χ3v) is 6.73. The van der Waals surface area contributed by atoms with E-state index in [1.165, 1.54) is 49.3 Å². The van der Waals surface area contributed by atoms with Gasteiger partial charge >= 0.3 is 0 Å². The van der Waals surface area contributed by atoms with Gasteiger partial charge in [0.2, 0.25) is 21.8 Å². The van der Waals surface area contributed by atoms with Crippen LogP contribution in [0, 0.1) is 0 Å². The number of likely N-dealkylation sites (N-methyl/N-ethyl adjacent to an activating group) is 1. The van der Waals surface area contributed by atoms with Crippen molar-refractivity contribution < 1.29 is 18.0 Å². The molecule has 0 radical (unpaired) electrons. The third kappa shape index (κ3) is 5.82. The van der Waals surface area contributed by atoms with Crippen molar-refractivity contribution in [1.82, 2.24) is 24.4 Å². The van der Waals surface area contributed by atoms with Crippen LogP contribution in [0.25, 0.3) is 5.69 Å². The van der Waals surface area contributed by atoms with E-state index in [1.54, 1.807) is 18.1 Å². The quantitative estimate of drug-likeness (QED) is 0.519. The molecule has 0 bridgehead atoms. The molecule has 0 aliphatic carbocycles. The van der Waals surface area contributed by atoms with Gasteiger partial charge in [-0.05, 0) is 55.8 Å². The van der Waals surface area contributed by atoms with Crippen LogP contribution in [-0.2, 0) is 19.6 Å². The number of anilines is 1. The monoisotopic (exact) mass is 470 g/mol. The summed E-state index contributed by atoms with van der Waals surface area (Å²) < 4.78 is 29.5. The van der Waals surface area contributed by atoms with Crippen LogP contribution in [0.2, 0.25) is 0 Å². The van der Waals surface area contributed by atoms with E-state index >= 15 is 0 Å². The zero-order valence-corrected chi connectivity index (χ0v) is 19.6. The fourth-order valence-corrected chi connectivity index (χ4v) is 4.44. The molecule has 0 aliphatic heterocycles. The second-order valence-electron chi connectivity index (χ2n) is 7.61. The number of amides is 2. The van der Waals surface area contributed by atoms with Crippen molar-refractivity contribution in [1.29, 1.82) is 0 Å². The van der Waals surface area contributed by atoms with Crippen LogP contribution >= 0.6 is 0 Å². The number of sulfonamides is 1. The molecule has 174 valence electrons. The van der Waals surface area contributed by atoms with Gasteiger partial charge in [-0.2, -0.15) is 9.82 Å². The minimum atomic E-state index is -3.93. The van der Waals surface area contributed by atoms with Crippen molar-refractivity contribution in [3.8, 4) is 5.69 Å². The standard InChI is InChI=1S/C22H26N6O4S/c1-15(26-33(31,32)21-11-7-19(8-12-21)25-17(3)29)22(30)27(4)16(2)18-5-9-20(10-6-18)28-14-23-13-24-28/h5-16,26H,1-4H3,(H,25,29)/t15-,16?/m0/s1. The highest BCUT2D eigenvalue weighted by Crippen LogP contribution is 2.21. The maximum Gasteiger partial charge on any atom is 0.241 e. The van der Waals surface area contributed by atoms with Crippen LogP contribution in [0.15, 0.2) is 66.1 Å². The lowest BCUT2D eigenvalue weighted by Gasteiger charge is -2.28. The summed E-state index contributed by atoms with van der Waals surface area (Å²) in [5, 5.41) is 6.66. The first-order chi connectivity index (χ1) is 15.6. The van der Waals surface area contributed by atoms with Gasteiger partial charge in [0.05, 0.1) is 22.7 Å². The zero-order valence-electron chi connectivity index (χ0n) is 18.8. The second-order valence-corrected chi connectivity index (χ2v) is 9.32. The highest BCUT2D eigenvalue weighted by atomic mass is 32.2. The smallest absolute Gasteiger partial charge is 0.241 e. The molecule has 10 nitrogen and oxygen atoms in total. The van der Waals surface area contributed by atoms with Crippen LogP contribution in [0.1, 0.15) is 32.4 Å². The molecule has 2 amide bonds. The Balaban J connectivity index is 1.66. The summed E-state index contributed by atoms with van der Waals surface area (Å²) in [4.78, 5) is 29.5. The van der Waals surface area contributed by atoms with Crippen LogP contribution in [0.4, 0.5) is 5.69 Å².